The van der Waals surface area contributed by atoms with Crippen LogP contribution in [0.1, 0.15) is 5.56 Å². The summed E-state index contributed by atoms with van der Waals surface area (Å²) in [5.74, 6) is 2.16. The molecule has 0 aliphatic carbocycles. The number of sulfonamides is 1. The molecule has 0 amide bonds. The number of hydrogen-bond acceptors (Lipinski definition) is 5. The van der Waals surface area contributed by atoms with Crippen molar-refractivity contribution >= 4 is 33.5 Å². The summed E-state index contributed by atoms with van der Waals surface area (Å²) >= 11 is 3.53. The predicted molar refractivity (Wildman–Crippen MR) is 81.1 cm³/mol. The van der Waals surface area contributed by atoms with E-state index in [1.165, 1.54) is 12.1 Å². The van der Waals surface area contributed by atoms with Crippen molar-refractivity contribution in [2.75, 3.05) is 23.8 Å². The molecule has 0 saturated carbocycles. The number of benzene rings is 1. The zero-order valence-corrected chi connectivity index (χ0v) is 13.2. The second-order valence-electron chi connectivity index (χ2n) is 4.34. The maximum atomic E-state index is 13.8. The van der Waals surface area contributed by atoms with E-state index in [0.29, 0.717) is 12.1 Å². The summed E-state index contributed by atoms with van der Waals surface area (Å²) in [7, 11) is -3.84. The predicted octanol–water partition coefficient (Wildman–Crippen LogP) is 1.44. The molecule has 0 bridgehead atoms. The molecular weight excluding hydrogens is 321 g/mol. The van der Waals surface area contributed by atoms with Crippen LogP contribution in [0.5, 0.6) is 0 Å². The molecule has 2 rings (SSSR count). The topological polar surface area (TPSA) is 66.4 Å². The number of thioether (sulfide) groups is 2. The average Bonchev–Trinajstić information content (AvgIpc) is 2.46. The summed E-state index contributed by atoms with van der Waals surface area (Å²) in [6, 6.07) is 3.63. The summed E-state index contributed by atoms with van der Waals surface area (Å²) in [4.78, 5) is -0.372. The second-order valence-corrected chi connectivity index (χ2v) is 8.64. The molecule has 1 fully saturated rings. The van der Waals surface area contributed by atoms with Crippen LogP contribution in [0.3, 0.4) is 0 Å². The van der Waals surface area contributed by atoms with E-state index in [1.54, 1.807) is 23.5 Å². The van der Waals surface area contributed by atoms with Gasteiger partial charge in [-0.2, -0.15) is 23.5 Å². The Labute approximate surface area is 126 Å². The average molecular weight is 337 g/mol. The van der Waals surface area contributed by atoms with Gasteiger partial charge in [-0.1, -0.05) is 6.07 Å². The summed E-state index contributed by atoms with van der Waals surface area (Å²) in [5.41, 5.74) is 0.348. The van der Waals surface area contributed by atoms with Crippen molar-refractivity contribution in [2.45, 2.75) is 16.8 Å². The van der Waals surface area contributed by atoms with Gasteiger partial charge in [0.2, 0.25) is 10.0 Å². The highest BCUT2D eigenvalue weighted by Gasteiger charge is 2.22. The zero-order chi connectivity index (χ0) is 14.6. The van der Waals surface area contributed by atoms with Crippen LogP contribution in [0.15, 0.2) is 23.1 Å². The maximum Gasteiger partial charge on any atom is 0.243 e. The Bertz CT molecular complexity index is 559. The van der Waals surface area contributed by atoms with Gasteiger partial charge in [0.15, 0.2) is 0 Å². The van der Waals surface area contributed by atoms with Gasteiger partial charge in [0.05, 0.1) is 6.61 Å². The van der Waals surface area contributed by atoms with Crippen molar-refractivity contribution in [3.05, 3.63) is 29.6 Å². The summed E-state index contributed by atoms with van der Waals surface area (Å²) in [6.45, 7) is -0.0121. The fourth-order valence-corrected chi connectivity index (χ4v) is 5.65. The molecule has 2 N–H and O–H groups in total. The Morgan fingerprint density at radius 1 is 1.40 bits per heavy atom. The minimum absolute atomic E-state index is 0.225. The lowest BCUT2D eigenvalue weighted by Crippen LogP contribution is -2.33. The van der Waals surface area contributed by atoms with E-state index in [1.807, 2.05) is 0 Å². The van der Waals surface area contributed by atoms with E-state index in [0.717, 1.165) is 23.3 Å². The van der Waals surface area contributed by atoms with Gasteiger partial charge in [0.25, 0.3) is 0 Å². The molecule has 1 saturated heterocycles. The molecule has 1 heterocycles. The Morgan fingerprint density at radius 2 is 2.20 bits per heavy atom. The number of rotatable bonds is 5. The highest BCUT2D eigenvalue weighted by molar-refractivity contribution is 8.06. The van der Waals surface area contributed by atoms with Gasteiger partial charge < -0.3 is 5.11 Å². The first-order valence-electron chi connectivity index (χ1n) is 6.11. The highest BCUT2D eigenvalue weighted by Crippen LogP contribution is 2.24. The van der Waals surface area contributed by atoms with Crippen LogP contribution in [0.25, 0.3) is 0 Å². The molecule has 20 heavy (non-hydrogen) atoms. The molecule has 0 aromatic heterocycles. The van der Waals surface area contributed by atoms with Crippen molar-refractivity contribution in [3.63, 3.8) is 0 Å². The van der Waals surface area contributed by atoms with Crippen LogP contribution >= 0.6 is 23.5 Å². The molecule has 1 aliphatic rings. The monoisotopic (exact) mass is 337 g/mol. The number of aliphatic hydroxyl groups excluding tert-OH is 1. The molecule has 0 radical (unpaired) electrons. The Kier molecular flexibility index (Phi) is 5.74. The molecule has 1 unspecified atom stereocenters. The SMILES string of the molecule is O=S(=O)(NCC1CSCCS1)c1ccc(CO)cc1F. The van der Waals surface area contributed by atoms with Crippen molar-refractivity contribution in [1.82, 2.24) is 4.72 Å². The van der Waals surface area contributed by atoms with Crippen LogP contribution in [-0.2, 0) is 16.6 Å². The van der Waals surface area contributed by atoms with E-state index in [9.17, 15) is 12.8 Å². The molecule has 4 nitrogen and oxygen atoms in total. The fourth-order valence-electron chi connectivity index (χ4n) is 1.80. The number of hydrogen-bond donors (Lipinski definition) is 2. The zero-order valence-electron chi connectivity index (χ0n) is 10.7. The quantitative estimate of drug-likeness (QED) is 0.851. The van der Waals surface area contributed by atoms with Gasteiger partial charge in [-0.3, -0.25) is 0 Å². The Balaban J connectivity index is 2.05. The minimum Gasteiger partial charge on any atom is -0.392 e. The van der Waals surface area contributed by atoms with Gasteiger partial charge in [-0.05, 0) is 17.7 Å². The molecular formula is C12H16FNO3S3. The van der Waals surface area contributed by atoms with Gasteiger partial charge in [-0.15, -0.1) is 0 Å². The largest absolute Gasteiger partial charge is 0.392 e. The third-order valence-corrected chi connectivity index (χ3v) is 7.16. The fraction of sp³-hybridized carbons (Fsp3) is 0.500. The normalized spacial score (nSPS) is 20.0. The Morgan fingerprint density at radius 3 is 2.80 bits per heavy atom. The summed E-state index contributed by atoms with van der Waals surface area (Å²) in [6.07, 6.45) is 0. The number of nitrogens with one attached hydrogen (secondary N) is 1. The van der Waals surface area contributed by atoms with Crippen molar-refractivity contribution in [2.24, 2.45) is 0 Å². The first kappa shape index (κ1) is 16.1. The van der Waals surface area contributed by atoms with E-state index < -0.39 is 15.8 Å². The first-order valence-corrected chi connectivity index (χ1v) is 9.80. The lowest BCUT2D eigenvalue weighted by molar-refractivity contribution is 0.281. The molecule has 0 spiro atoms. The van der Waals surface area contributed by atoms with Crippen molar-refractivity contribution < 1.29 is 17.9 Å². The van der Waals surface area contributed by atoms with Crippen molar-refractivity contribution in [3.8, 4) is 0 Å². The molecule has 1 aliphatic heterocycles. The summed E-state index contributed by atoms with van der Waals surface area (Å²) < 4.78 is 40.3. The van der Waals surface area contributed by atoms with E-state index in [2.05, 4.69) is 4.72 Å². The lowest BCUT2D eigenvalue weighted by Gasteiger charge is -2.21. The molecule has 8 heteroatoms. The Hall–Kier alpha value is -0.280. The van der Waals surface area contributed by atoms with Gasteiger partial charge in [0.1, 0.15) is 10.7 Å². The van der Waals surface area contributed by atoms with Gasteiger partial charge in [0, 0.05) is 29.1 Å². The smallest absolute Gasteiger partial charge is 0.243 e. The minimum atomic E-state index is -3.84. The highest BCUT2D eigenvalue weighted by atomic mass is 32.2. The lowest BCUT2D eigenvalue weighted by atomic mass is 10.2. The molecule has 1 aromatic rings. The third-order valence-electron chi connectivity index (χ3n) is 2.85. The first-order chi connectivity index (χ1) is 9.53. The van der Waals surface area contributed by atoms with Crippen LogP contribution in [0, 0.1) is 5.82 Å². The molecule has 112 valence electrons. The van der Waals surface area contributed by atoms with Gasteiger partial charge in [-0.25, -0.2) is 17.5 Å². The van der Waals surface area contributed by atoms with Crippen LogP contribution < -0.4 is 4.72 Å². The maximum absolute atomic E-state index is 13.8. The third kappa shape index (κ3) is 4.11. The van der Waals surface area contributed by atoms with E-state index >= 15 is 0 Å². The van der Waals surface area contributed by atoms with Crippen LogP contribution in [-0.4, -0.2) is 42.6 Å². The molecule has 1 aromatic carbocycles. The summed E-state index contributed by atoms with van der Waals surface area (Å²) in [5, 5.41) is 9.12. The standard InChI is InChI=1S/C12H16FNO3S3/c13-11-5-9(7-15)1-2-12(11)20(16,17)14-6-10-8-18-3-4-19-10/h1-2,5,10,14-15H,3-4,6-8H2. The van der Waals surface area contributed by atoms with Crippen molar-refractivity contribution in [1.29, 1.82) is 0 Å². The van der Waals surface area contributed by atoms with E-state index in [-0.39, 0.29) is 16.8 Å². The molecule has 1 atom stereocenters. The van der Waals surface area contributed by atoms with E-state index in [4.69, 9.17) is 5.11 Å². The second kappa shape index (κ2) is 7.13. The number of halogens is 1. The van der Waals surface area contributed by atoms with Crippen LogP contribution in [0.2, 0.25) is 0 Å². The van der Waals surface area contributed by atoms with Gasteiger partial charge >= 0.3 is 0 Å². The van der Waals surface area contributed by atoms with Crippen LogP contribution in [0.4, 0.5) is 4.39 Å². The number of aliphatic hydroxyl groups is 1.